The molecule has 0 nitrogen and oxygen atoms in total. The average Bonchev–Trinajstić information content (AvgIpc) is 2.23. The van der Waals surface area contributed by atoms with Crippen LogP contribution in [0.25, 0.3) is 6.08 Å². The summed E-state index contributed by atoms with van der Waals surface area (Å²) in [6, 6.07) is 6.60. The fourth-order valence-electron chi connectivity index (χ4n) is 2.02. The highest BCUT2D eigenvalue weighted by Gasteiger charge is 2.41. The van der Waals surface area contributed by atoms with E-state index < -0.39 is 5.92 Å². The molecule has 2 heteroatoms. The summed E-state index contributed by atoms with van der Waals surface area (Å²) >= 11 is 0. The zero-order chi connectivity index (χ0) is 11.9. The van der Waals surface area contributed by atoms with Gasteiger partial charge in [0.05, 0.1) is 0 Å². The predicted octanol–water partition coefficient (Wildman–Crippen LogP) is 4.39. The molecule has 0 spiro atoms. The SMILES string of the molecule is C=C1C(C(C)C)=Cc2ccccc2C1(F)F. The van der Waals surface area contributed by atoms with E-state index in [1.807, 2.05) is 19.9 Å². The molecular formula is C14H14F2. The lowest BCUT2D eigenvalue weighted by atomic mass is 9.81. The van der Waals surface area contributed by atoms with E-state index in [1.54, 1.807) is 18.2 Å². The average molecular weight is 220 g/mol. The fraction of sp³-hybridized carbons (Fsp3) is 0.286. The van der Waals surface area contributed by atoms with E-state index in [2.05, 4.69) is 6.58 Å². The summed E-state index contributed by atoms with van der Waals surface area (Å²) in [6.45, 7) is 7.36. The van der Waals surface area contributed by atoms with Crippen LogP contribution in [-0.4, -0.2) is 0 Å². The van der Waals surface area contributed by atoms with E-state index in [0.29, 0.717) is 11.1 Å². The molecule has 84 valence electrons. The van der Waals surface area contributed by atoms with Crippen LogP contribution in [0, 0.1) is 5.92 Å². The largest absolute Gasteiger partial charge is 0.298 e. The van der Waals surface area contributed by atoms with Gasteiger partial charge in [0.15, 0.2) is 0 Å². The summed E-state index contributed by atoms with van der Waals surface area (Å²) in [5.74, 6) is -2.88. The molecule has 0 heterocycles. The van der Waals surface area contributed by atoms with Crippen molar-refractivity contribution < 1.29 is 8.78 Å². The second-order valence-corrected chi connectivity index (χ2v) is 4.39. The quantitative estimate of drug-likeness (QED) is 0.658. The molecule has 0 radical (unpaired) electrons. The molecule has 0 N–H and O–H groups in total. The first-order valence-corrected chi connectivity index (χ1v) is 5.33. The van der Waals surface area contributed by atoms with Crippen LogP contribution < -0.4 is 0 Å². The lowest BCUT2D eigenvalue weighted by molar-refractivity contribution is 0.0386. The van der Waals surface area contributed by atoms with Crippen molar-refractivity contribution in [2.45, 2.75) is 19.8 Å². The summed E-state index contributed by atoms with van der Waals surface area (Å²) in [5, 5.41) is 0. The molecule has 0 aliphatic heterocycles. The molecule has 0 amide bonds. The van der Waals surface area contributed by atoms with E-state index in [-0.39, 0.29) is 17.1 Å². The minimum absolute atomic E-state index is 0.0596. The summed E-state index contributed by atoms with van der Waals surface area (Å²) in [6.07, 6.45) is 1.82. The van der Waals surface area contributed by atoms with Crippen LogP contribution in [0.1, 0.15) is 25.0 Å². The number of allylic oxidation sites excluding steroid dienone is 2. The van der Waals surface area contributed by atoms with Crippen molar-refractivity contribution in [1.82, 2.24) is 0 Å². The van der Waals surface area contributed by atoms with Gasteiger partial charge in [-0.25, -0.2) is 0 Å². The third kappa shape index (κ3) is 1.49. The summed E-state index contributed by atoms with van der Waals surface area (Å²) < 4.78 is 28.1. The molecule has 0 bridgehead atoms. The van der Waals surface area contributed by atoms with Gasteiger partial charge in [-0.15, -0.1) is 0 Å². The van der Waals surface area contributed by atoms with Crippen molar-refractivity contribution in [2.75, 3.05) is 0 Å². The zero-order valence-electron chi connectivity index (χ0n) is 9.43. The van der Waals surface area contributed by atoms with Gasteiger partial charge in [-0.05, 0) is 17.1 Å². The predicted molar refractivity (Wildman–Crippen MR) is 62.3 cm³/mol. The molecule has 0 saturated heterocycles. The van der Waals surface area contributed by atoms with Crippen LogP contribution in [0.5, 0.6) is 0 Å². The molecule has 1 aromatic carbocycles. The van der Waals surface area contributed by atoms with Crippen LogP contribution >= 0.6 is 0 Å². The van der Waals surface area contributed by atoms with E-state index in [1.165, 1.54) is 6.07 Å². The number of benzene rings is 1. The first kappa shape index (κ1) is 11.1. The Kier molecular flexibility index (Phi) is 2.45. The first-order valence-electron chi connectivity index (χ1n) is 5.33. The smallest absolute Gasteiger partial charge is 0.196 e. The van der Waals surface area contributed by atoms with Gasteiger partial charge >= 0.3 is 0 Å². The molecule has 16 heavy (non-hydrogen) atoms. The maximum Gasteiger partial charge on any atom is 0.298 e. The Morgan fingerprint density at radius 1 is 1.19 bits per heavy atom. The van der Waals surface area contributed by atoms with Gasteiger partial charge in [0, 0.05) is 11.1 Å². The van der Waals surface area contributed by atoms with Crippen molar-refractivity contribution in [2.24, 2.45) is 5.92 Å². The number of hydrogen-bond donors (Lipinski definition) is 0. The van der Waals surface area contributed by atoms with Gasteiger partial charge in [0.25, 0.3) is 5.92 Å². The molecule has 0 fully saturated rings. The summed E-state index contributed by atoms with van der Waals surface area (Å²) in [5.41, 5.74) is 1.23. The van der Waals surface area contributed by atoms with Crippen LogP contribution in [-0.2, 0) is 5.92 Å². The van der Waals surface area contributed by atoms with E-state index in [0.717, 1.165) is 0 Å². The Balaban J connectivity index is 2.67. The van der Waals surface area contributed by atoms with Crippen LogP contribution in [0.2, 0.25) is 0 Å². The Morgan fingerprint density at radius 2 is 1.81 bits per heavy atom. The van der Waals surface area contributed by atoms with Crippen LogP contribution in [0.4, 0.5) is 8.78 Å². The van der Waals surface area contributed by atoms with Gasteiger partial charge in [-0.1, -0.05) is 50.8 Å². The third-order valence-electron chi connectivity index (χ3n) is 2.96. The van der Waals surface area contributed by atoms with Crippen LogP contribution in [0.15, 0.2) is 42.0 Å². The molecular weight excluding hydrogens is 206 g/mol. The Morgan fingerprint density at radius 3 is 2.44 bits per heavy atom. The minimum atomic E-state index is -2.94. The Labute approximate surface area is 94.3 Å². The van der Waals surface area contributed by atoms with E-state index in [9.17, 15) is 8.78 Å². The van der Waals surface area contributed by atoms with Crippen molar-refractivity contribution in [3.8, 4) is 0 Å². The number of halogens is 2. The number of rotatable bonds is 1. The summed E-state index contributed by atoms with van der Waals surface area (Å²) in [7, 11) is 0. The van der Waals surface area contributed by atoms with Crippen molar-refractivity contribution >= 4 is 6.08 Å². The third-order valence-corrected chi connectivity index (χ3v) is 2.96. The van der Waals surface area contributed by atoms with Gasteiger partial charge < -0.3 is 0 Å². The van der Waals surface area contributed by atoms with Gasteiger partial charge in [0.2, 0.25) is 0 Å². The molecule has 0 saturated carbocycles. The van der Waals surface area contributed by atoms with Crippen molar-refractivity contribution in [1.29, 1.82) is 0 Å². The number of alkyl halides is 2. The zero-order valence-corrected chi connectivity index (χ0v) is 9.43. The standard InChI is InChI=1S/C14H14F2/c1-9(2)12-8-11-6-4-5-7-13(11)14(15,16)10(12)3/h4-9H,3H2,1-2H3. The van der Waals surface area contributed by atoms with E-state index in [4.69, 9.17) is 0 Å². The van der Waals surface area contributed by atoms with E-state index >= 15 is 0 Å². The van der Waals surface area contributed by atoms with Crippen molar-refractivity contribution in [3.63, 3.8) is 0 Å². The molecule has 0 atom stereocenters. The summed E-state index contributed by atoms with van der Waals surface area (Å²) in [4.78, 5) is 0. The molecule has 1 aliphatic rings. The van der Waals surface area contributed by atoms with Crippen LogP contribution in [0.3, 0.4) is 0 Å². The molecule has 1 aliphatic carbocycles. The second-order valence-electron chi connectivity index (χ2n) is 4.39. The highest BCUT2D eigenvalue weighted by atomic mass is 19.3. The first-order chi connectivity index (χ1) is 7.44. The fourth-order valence-corrected chi connectivity index (χ4v) is 2.02. The van der Waals surface area contributed by atoms with Crippen molar-refractivity contribution in [3.05, 3.63) is 53.1 Å². The normalized spacial score (nSPS) is 18.3. The maximum atomic E-state index is 14.1. The second kappa shape index (κ2) is 3.55. The maximum absolute atomic E-state index is 14.1. The molecule has 2 rings (SSSR count). The lowest BCUT2D eigenvalue weighted by Gasteiger charge is -2.29. The number of fused-ring (bicyclic) bond motifs is 1. The highest BCUT2D eigenvalue weighted by Crippen LogP contribution is 2.46. The molecule has 1 aromatic rings. The van der Waals surface area contributed by atoms with Gasteiger partial charge in [0.1, 0.15) is 0 Å². The highest BCUT2D eigenvalue weighted by molar-refractivity contribution is 5.69. The minimum Gasteiger partial charge on any atom is -0.196 e. The van der Waals surface area contributed by atoms with Gasteiger partial charge in [-0.3, -0.25) is 0 Å². The Bertz CT molecular complexity index is 467. The molecule has 0 unspecified atom stereocenters. The number of hydrogen-bond acceptors (Lipinski definition) is 0. The Hall–Kier alpha value is -1.44. The topological polar surface area (TPSA) is 0 Å². The molecule has 0 aromatic heterocycles. The monoisotopic (exact) mass is 220 g/mol. The lowest BCUT2D eigenvalue weighted by Crippen LogP contribution is -2.23. The van der Waals surface area contributed by atoms with Gasteiger partial charge in [-0.2, -0.15) is 8.78 Å².